The SMILES string of the molecule is C[C@H]1CC(NC(=O)c2cc(C3CC3)on2)CCN1C(=O)CN. The molecule has 2 heterocycles. The predicted molar refractivity (Wildman–Crippen MR) is 79.2 cm³/mol. The molecule has 2 aliphatic rings. The summed E-state index contributed by atoms with van der Waals surface area (Å²) < 4.78 is 5.21. The van der Waals surface area contributed by atoms with E-state index in [2.05, 4.69) is 10.5 Å². The van der Waals surface area contributed by atoms with Crippen LogP contribution in [0.25, 0.3) is 0 Å². The van der Waals surface area contributed by atoms with Crippen LogP contribution < -0.4 is 11.1 Å². The first-order chi connectivity index (χ1) is 10.6. The van der Waals surface area contributed by atoms with Gasteiger partial charge in [0.1, 0.15) is 5.76 Å². The number of nitrogens with two attached hydrogens (primary N) is 1. The van der Waals surface area contributed by atoms with Crippen LogP contribution in [-0.4, -0.2) is 47.0 Å². The summed E-state index contributed by atoms with van der Waals surface area (Å²) in [5.74, 6) is 1.01. The van der Waals surface area contributed by atoms with Crippen LogP contribution in [0.2, 0.25) is 0 Å². The average Bonchev–Trinajstić information content (AvgIpc) is 3.23. The highest BCUT2D eigenvalue weighted by molar-refractivity contribution is 5.92. The zero-order chi connectivity index (χ0) is 15.7. The van der Waals surface area contributed by atoms with Crippen molar-refractivity contribution in [3.8, 4) is 0 Å². The van der Waals surface area contributed by atoms with Crippen LogP contribution >= 0.6 is 0 Å². The lowest BCUT2D eigenvalue weighted by atomic mass is 9.98. The second-order valence-electron chi connectivity index (χ2n) is 6.22. The number of amides is 2. The first kappa shape index (κ1) is 15.0. The molecule has 22 heavy (non-hydrogen) atoms. The number of nitrogens with one attached hydrogen (secondary N) is 1. The summed E-state index contributed by atoms with van der Waals surface area (Å²) in [5.41, 5.74) is 5.75. The van der Waals surface area contributed by atoms with E-state index >= 15 is 0 Å². The normalized spacial score (nSPS) is 25.1. The van der Waals surface area contributed by atoms with Gasteiger partial charge in [0, 0.05) is 30.6 Å². The molecule has 0 bridgehead atoms. The lowest BCUT2D eigenvalue weighted by Crippen LogP contribution is -2.52. The number of nitrogens with zero attached hydrogens (tertiary/aromatic N) is 2. The van der Waals surface area contributed by atoms with Crippen LogP contribution in [0.1, 0.15) is 54.8 Å². The van der Waals surface area contributed by atoms with Crippen molar-refractivity contribution in [3.63, 3.8) is 0 Å². The highest BCUT2D eigenvalue weighted by atomic mass is 16.5. The smallest absolute Gasteiger partial charge is 0.273 e. The molecule has 7 nitrogen and oxygen atoms in total. The van der Waals surface area contributed by atoms with Crippen LogP contribution in [0.15, 0.2) is 10.6 Å². The number of hydrogen-bond donors (Lipinski definition) is 2. The summed E-state index contributed by atoms with van der Waals surface area (Å²) in [6.07, 6.45) is 3.68. The predicted octanol–water partition coefficient (Wildman–Crippen LogP) is 0.620. The van der Waals surface area contributed by atoms with Crippen molar-refractivity contribution >= 4 is 11.8 Å². The molecule has 1 aromatic heterocycles. The van der Waals surface area contributed by atoms with Crippen LogP contribution in [0.5, 0.6) is 0 Å². The first-order valence-corrected chi connectivity index (χ1v) is 7.85. The van der Waals surface area contributed by atoms with Gasteiger partial charge < -0.3 is 20.5 Å². The molecule has 0 spiro atoms. The van der Waals surface area contributed by atoms with E-state index in [9.17, 15) is 9.59 Å². The van der Waals surface area contributed by atoms with E-state index in [4.69, 9.17) is 10.3 Å². The molecule has 0 radical (unpaired) electrons. The maximum atomic E-state index is 12.2. The van der Waals surface area contributed by atoms with E-state index in [0.29, 0.717) is 18.2 Å². The second kappa shape index (κ2) is 6.08. The monoisotopic (exact) mass is 306 g/mol. The number of aromatic nitrogens is 1. The van der Waals surface area contributed by atoms with E-state index in [1.54, 1.807) is 11.0 Å². The summed E-state index contributed by atoms with van der Waals surface area (Å²) in [4.78, 5) is 25.7. The van der Waals surface area contributed by atoms with Crippen molar-refractivity contribution in [1.29, 1.82) is 0 Å². The third-order valence-corrected chi connectivity index (χ3v) is 4.45. The second-order valence-corrected chi connectivity index (χ2v) is 6.22. The molecule has 120 valence electrons. The lowest BCUT2D eigenvalue weighted by molar-refractivity contribution is -0.133. The Labute approximate surface area is 129 Å². The number of piperidine rings is 1. The Balaban J connectivity index is 1.54. The van der Waals surface area contributed by atoms with Crippen LogP contribution in [-0.2, 0) is 4.79 Å². The highest BCUT2D eigenvalue weighted by Gasteiger charge is 2.31. The van der Waals surface area contributed by atoms with Crippen LogP contribution in [0.4, 0.5) is 0 Å². The Hall–Kier alpha value is -1.89. The van der Waals surface area contributed by atoms with Gasteiger partial charge in [-0.15, -0.1) is 0 Å². The molecule has 2 amide bonds. The molecule has 7 heteroatoms. The number of carbonyl (C=O) groups is 2. The highest BCUT2D eigenvalue weighted by Crippen LogP contribution is 2.40. The van der Waals surface area contributed by atoms with Crippen LogP contribution in [0.3, 0.4) is 0 Å². The Bertz CT molecular complexity index is 567. The fraction of sp³-hybridized carbons (Fsp3) is 0.667. The molecule has 1 aliphatic heterocycles. The van der Waals surface area contributed by atoms with E-state index in [1.807, 2.05) is 6.92 Å². The van der Waals surface area contributed by atoms with E-state index < -0.39 is 0 Å². The molecule has 2 atom stereocenters. The number of rotatable bonds is 4. The number of likely N-dealkylation sites (tertiary alicyclic amines) is 1. The van der Waals surface area contributed by atoms with Gasteiger partial charge in [0.2, 0.25) is 5.91 Å². The van der Waals surface area contributed by atoms with Gasteiger partial charge in [0.15, 0.2) is 5.69 Å². The summed E-state index contributed by atoms with van der Waals surface area (Å²) in [6.45, 7) is 2.63. The molecule has 2 fully saturated rings. The minimum absolute atomic E-state index is 0.0320. The molecule has 1 unspecified atom stereocenters. The molecule has 1 saturated carbocycles. The summed E-state index contributed by atoms with van der Waals surface area (Å²) in [6, 6.07) is 1.86. The largest absolute Gasteiger partial charge is 0.360 e. The fourth-order valence-corrected chi connectivity index (χ4v) is 3.01. The minimum Gasteiger partial charge on any atom is -0.360 e. The van der Waals surface area contributed by atoms with Crippen molar-refractivity contribution in [3.05, 3.63) is 17.5 Å². The molecule has 3 N–H and O–H groups in total. The first-order valence-electron chi connectivity index (χ1n) is 7.85. The minimum atomic E-state index is -0.202. The van der Waals surface area contributed by atoms with Gasteiger partial charge in [-0.05, 0) is 32.6 Å². The van der Waals surface area contributed by atoms with Crippen molar-refractivity contribution in [2.24, 2.45) is 5.73 Å². The summed E-state index contributed by atoms with van der Waals surface area (Å²) >= 11 is 0. The topological polar surface area (TPSA) is 101 Å². The van der Waals surface area contributed by atoms with Gasteiger partial charge >= 0.3 is 0 Å². The fourth-order valence-electron chi connectivity index (χ4n) is 3.01. The van der Waals surface area contributed by atoms with Crippen molar-refractivity contribution in [1.82, 2.24) is 15.4 Å². The third kappa shape index (κ3) is 3.14. The summed E-state index contributed by atoms with van der Waals surface area (Å²) in [7, 11) is 0. The van der Waals surface area contributed by atoms with E-state index in [0.717, 1.165) is 31.4 Å². The standard InChI is InChI=1S/C15H22N4O3/c1-9-6-11(4-5-19(9)14(20)8-16)17-15(21)12-7-13(22-18-12)10-2-3-10/h7,9-11H,2-6,8,16H2,1H3,(H,17,21)/t9-,11?/m0/s1. The van der Waals surface area contributed by atoms with Gasteiger partial charge in [-0.1, -0.05) is 5.16 Å². The lowest BCUT2D eigenvalue weighted by Gasteiger charge is -2.37. The molecular formula is C15H22N4O3. The van der Waals surface area contributed by atoms with E-state index in [1.165, 1.54) is 0 Å². The quantitative estimate of drug-likeness (QED) is 0.849. The number of hydrogen-bond acceptors (Lipinski definition) is 5. The van der Waals surface area contributed by atoms with Gasteiger partial charge in [-0.2, -0.15) is 0 Å². The van der Waals surface area contributed by atoms with Crippen molar-refractivity contribution < 1.29 is 14.1 Å². The molecular weight excluding hydrogens is 284 g/mol. The Morgan fingerprint density at radius 2 is 2.23 bits per heavy atom. The molecule has 1 saturated heterocycles. The third-order valence-electron chi connectivity index (χ3n) is 4.45. The Morgan fingerprint density at radius 1 is 1.45 bits per heavy atom. The Kier molecular flexibility index (Phi) is 4.15. The molecule has 0 aromatic carbocycles. The zero-order valence-electron chi connectivity index (χ0n) is 12.7. The summed E-state index contributed by atoms with van der Waals surface area (Å²) in [5, 5.41) is 6.84. The average molecular weight is 306 g/mol. The van der Waals surface area contributed by atoms with Gasteiger partial charge in [0.05, 0.1) is 6.54 Å². The molecule has 1 aromatic rings. The molecule has 3 rings (SSSR count). The number of carbonyl (C=O) groups excluding carboxylic acids is 2. The molecule has 1 aliphatic carbocycles. The van der Waals surface area contributed by atoms with Crippen LogP contribution in [0, 0.1) is 0 Å². The zero-order valence-corrected chi connectivity index (χ0v) is 12.7. The van der Waals surface area contributed by atoms with E-state index in [-0.39, 0.29) is 30.4 Å². The maximum Gasteiger partial charge on any atom is 0.273 e. The maximum absolute atomic E-state index is 12.2. The van der Waals surface area contributed by atoms with Gasteiger partial charge in [-0.25, -0.2) is 0 Å². The van der Waals surface area contributed by atoms with Gasteiger partial charge in [-0.3, -0.25) is 9.59 Å². The van der Waals surface area contributed by atoms with Crippen molar-refractivity contribution in [2.75, 3.05) is 13.1 Å². The van der Waals surface area contributed by atoms with Gasteiger partial charge in [0.25, 0.3) is 5.91 Å². The Morgan fingerprint density at radius 3 is 2.86 bits per heavy atom. The van der Waals surface area contributed by atoms with Crippen molar-refractivity contribution in [2.45, 2.75) is 50.6 Å².